The number of nitrogens with zero attached hydrogens (tertiary/aromatic N) is 1. The molecule has 168 valence electrons. The highest BCUT2D eigenvalue weighted by molar-refractivity contribution is 6.10. The highest BCUT2D eigenvalue weighted by Gasteiger charge is 2.35. The number of nitrogens with two attached hydrogens (primary N) is 1. The SMILES string of the molecule is Cl.NC(=NC(=O)c1ccc(F)c(C(F)(F)F)c1)NC(=O)c1ccc(F)c(C(F)(F)F)c1. The van der Waals surface area contributed by atoms with Crippen LogP contribution in [-0.4, -0.2) is 17.8 Å². The maximum absolute atomic E-state index is 13.2. The van der Waals surface area contributed by atoms with Crippen molar-refractivity contribution < 1.29 is 44.7 Å². The molecule has 0 unspecified atom stereocenters. The molecule has 0 radical (unpaired) electrons. The van der Waals surface area contributed by atoms with E-state index in [9.17, 15) is 44.7 Å². The number of benzene rings is 2. The van der Waals surface area contributed by atoms with Gasteiger partial charge in [-0.1, -0.05) is 0 Å². The van der Waals surface area contributed by atoms with Crippen molar-refractivity contribution in [3.05, 3.63) is 70.3 Å². The van der Waals surface area contributed by atoms with Gasteiger partial charge in [0.05, 0.1) is 11.1 Å². The summed E-state index contributed by atoms with van der Waals surface area (Å²) in [6, 6.07) is 2.50. The smallest absolute Gasteiger partial charge is 0.369 e. The largest absolute Gasteiger partial charge is 0.419 e. The number of nitrogens with one attached hydrogen (secondary N) is 1. The van der Waals surface area contributed by atoms with Gasteiger partial charge in [-0.2, -0.15) is 31.3 Å². The molecule has 2 amide bonds. The Morgan fingerprint density at radius 3 is 1.68 bits per heavy atom. The molecule has 0 heterocycles. The Morgan fingerprint density at radius 2 is 1.23 bits per heavy atom. The van der Waals surface area contributed by atoms with E-state index in [2.05, 4.69) is 4.99 Å². The lowest BCUT2D eigenvalue weighted by Crippen LogP contribution is -2.37. The van der Waals surface area contributed by atoms with Crippen molar-refractivity contribution in [1.29, 1.82) is 0 Å². The number of aliphatic imine (C=N–C) groups is 1. The molecule has 0 spiro atoms. The molecule has 14 heteroatoms. The average Bonchev–Trinajstić information content (AvgIpc) is 2.60. The van der Waals surface area contributed by atoms with Gasteiger partial charge in [-0.15, -0.1) is 12.4 Å². The lowest BCUT2D eigenvalue weighted by Gasteiger charge is -2.10. The number of halogens is 9. The lowest BCUT2D eigenvalue weighted by molar-refractivity contribution is -0.140. The third-order valence-corrected chi connectivity index (χ3v) is 3.52. The molecule has 2 rings (SSSR count). The monoisotopic (exact) mass is 475 g/mol. The van der Waals surface area contributed by atoms with Crippen LogP contribution in [0.4, 0.5) is 35.1 Å². The van der Waals surface area contributed by atoms with Crippen LogP contribution in [0, 0.1) is 11.6 Å². The van der Waals surface area contributed by atoms with Gasteiger partial charge in [0.1, 0.15) is 11.6 Å². The average molecular weight is 476 g/mol. The summed E-state index contributed by atoms with van der Waals surface area (Å²) in [4.78, 5) is 26.9. The number of guanidine groups is 1. The second kappa shape index (κ2) is 9.29. The van der Waals surface area contributed by atoms with Gasteiger partial charge < -0.3 is 5.73 Å². The van der Waals surface area contributed by atoms with Crippen molar-refractivity contribution in [2.75, 3.05) is 0 Å². The first-order valence-corrected chi connectivity index (χ1v) is 7.63. The normalized spacial score (nSPS) is 12.2. The minimum atomic E-state index is -5.09. The first-order valence-electron chi connectivity index (χ1n) is 7.63. The fourth-order valence-corrected chi connectivity index (χ4v) is 2.15. The van der Waals surface area contributed by atoms with Gasteiger partial charge in [0.2, 0.25) is 5.96 Å². The first-order chi connectivity index (χ1) is 13.7. The first kappa shape index (κ1) is 25.8. The molecule has 3 N–H and O–H groups in total. The molecule has 2 aromatic carbocycles. The number of hydrogen-bond donors (Lipinski definition) is 2. The third kappa shape index (κ3) is 6.38. The van der Waals surface area contributed by atoms with E-state index in [0.29, 0.717) is 24.3 Å². The lowest BCUT2D eigenvalue weighted by atomic mass is 10.1. The molecule has 0 saturated heterocycles. The van der Waals surface area contributed by atoms with Crippen LogP contribution in [0.5, 0.6) is 0 Å². The molecule has 0 fully saturated rings. The zero-order chi connectivity index (χ0) is 22.9. The highest BCUT2D eigenvalue weighted by Crippen LogP contribution is 2.33. The van der Waals surface area contributed by atoms with Crippen LogP contribution in [0.3, 0.4) is 0 Å². The summed E-state index contributed by atoms with van der Waals surface area (Å²) in [6.45, 7) is 0. The van der Waals surface area contributed by atoms with Crippen molar-refractivity contribution >= 4 is 30.2 Å². The second-order valence-corrected chi connectivity index (χ2v) is 5.64. The molecular formula is C17H10ClF8N3O2. The fourth-order valence-electron chi connectivity index (χ4n) is 2.15. The van der Waals surface area contributed by atoms with Crippen molar-refractivity contribution in [1.82, 2.24) is 5.32 Å². The molecule has 5 nitrogen and oxygen atoms in total. The van der Waals surface area contributed by atoms with E-state index < -0.39 is 64.0 Å². The molecule has 2 aromatic rings. The molecule has 0 aliphatic rings. The fraction of sp³-hybridized carbons (Fsp3) is 0.118. The van der Waals surface area contributed by atoms with Gasteiger partial charge in [-0.25, -0.2) is 8.78 Å². The molecule has 31 heavy (non-hydrogen) atoms. The van der Waals surface area contributed by atoms with Crippen LogP contribution < -0.4 is 11.1 Å². The summed E-state index contributed by atoms with van der Waals surface area (Å²) < 4.78 is 103. The van der Waals surface area contributed by atoms with Gasteiger partial charge in [0, 0.05) is 11.1 Å². The highest BCUT2D eigenvalue weighted by atomic mass is 35.5. The van der Waals surface area contributed by atoms with E-state index in [-0.39, 0.29) is 24.5 Å². The predicted molar refractivity (Wildman–Crippen MR) is 93.5 cm³/mol. The van der Waals surface area contributed by atoms with E-state index in [4.69, 9.17) is 5.73 Å². The number of hydrogen-bond acceptors (Lipinski definition) is 2. The topological polar surface area (TPSA) is 84.5 Å². The molecule has 0 aliphatic heterocycles. The van der Waals surface area contributed by atoms with Crippen LogP contribution in [0.1, 0.15) is 31.8 Å². The Hall–Kier alpha value is -3.22. The van der Waals surface area contributed by atoms with Crippen molar-refractivity contribution in [2.45, 2.75) is 12.4 Å². The van der Waals surface area contributed by atoms with E-state index in [0.717, 1.165) is 0 Å². The number of carbonyl (C=O) groups is 2. The molecule has 0 atom stereocenters. The van der Waals surface area contributed by atoms with Gasteiger partial charge in [-0.3, -0.25) is 14.9 Å². The van der Waals surface area contributed by atoms with E-state index in [1.54, 1.807) is 5.32 Å². The molecule has 0 bridgehead atoms. The van der Waals surface area contributed by atoms with Crippen LogP contribution in [0.25, 0.3) is 0 Å². The van der Waals surface area contributed by atoms with Crippen LogP contribution >= 0.6 is 12.4 Å². The quantitative estimate of drug-likeness (QED) is 0.386. The summed E-state index contributed by atoms with van der Waals surface area (Å²) in [5.41, 5.74) is 0.390. The summed E-state index contributed by atoms with van der Waals surface area (Å²) >= 11 is 0. The minimum Gasteiger partial charge on any atom is -0.369 e. The predicted octanol–water partition coefficient (Wildman–Crippen LogP) is 4.31. The molecule has 0 saturated carbocycles. The summed E-state index contributed by atoms with van der Waals surface area (Å²) in [6.07, 6.45) is -10.2. The molecular weight excluding hydrogens is 466 g/mol. The summed E-state index contributed by atoms with van der Waals surface area (Å²) in [5, 5.41) is 1.73. The van der Waals surface area contributed by atoms with Gasteiger partial charge in [0.15, 0.2) is 0 Å². The van der Waals surface area contributed by atoms with Crippen LogP contribution in [0.2, 0.25) is 0 Å². The van der Waals surface area contributed by atoms with Gasteiger partial charge in [-0.05, 0) is 36.4 Å². The van der Waals surface area contributed by atoms with Gasteiger partial charge >= 0.3 is 12.4 Å². The van der Waals surface area contributed by atoms with E-state index >= 15 is 0 Å². The molecule has 0 aliphatic carbocycles. The van der Waals surface area contributed by atoms with Crippen LogP contribution in [0.15, 0.2) is 41.4 Å². The van der Waals surface area contributed by atoms with Crippen molar-refractivity contribution in [3.8, 4) is 0 Å². The van der Waals surface area contributed by atoms with E-state index in [1.807, 2.05) is 0 Å². The Bertz CT molecular complexity index is 1040. The Morgan fingerprint density at radius 1 is 0.806 bits per heavy atom. The van der Waals surface area contributed by atoms with Crippen molar-refractivity contribution in [3.63, 3.8) is 0 Å². The van der Waals surface area contributed by atoms with Crippen LogP contribution in [-0.2, 0) is 12.4 Å². The number of carbonyl (C=O) groups excluding carboxylic acids is 2. The Balaban J connectivity index is 0.00000480. The number of rotatable bonds is 2. The van der Waals surface area contributed by atoms with Gasteiger partial charge in [0.25, 0.3) is 11.8 Å². The molecule has 0 aromatic heterocycles. The second-order valence-electron chi connectivity index (χ2n) is 5.64. The van der Waals surface area contributed by atoms with Crippen molar-refractivity contribution in [2.24, 2.45) is 10.7 Å². The summed E-state index contributed by atoms with van der Waals surface area (Å²) in [7, 11) is 0. The summed E-state index contributed by atoms with van der Waals surface area (Å²) in [5.74, 6) is -6.94. The standard InChI is InChI=1S/C17H9F8N3O2.ClH/c18-11-3-1-7(5-9(11)16(20,21)22)13(29)27-15(26)28-14(30)8-2-4-12(19)10(6-8)17(23,24)25;/h1-6H,(H3,26,27,28,29,30);1H. The van der Waals surface area contributed by atoms with E-state index in [1.165, 1.54) is 0 Å². The zero-order valence-electron chi connectivity index (χ0n) is 14.7. The third-order valence-electron chi connectivity index (χ3n) is 3.52. The zero-order valence-corrected chi connectivity index (χ0v) is 15.6. The Labute approximate surface area is 174 Å². The maximum atomic E-state index is 13.2. The maximum Gasteiger partial charge on any atom is 0.419 e. The number of alkyl halides is 6. The Kier molecular flexibility index (Phi) is 7.73. The number of amides is 2. The minimum absolute atomic E-state index is 0.